The minimum Gasteiger partial charge on any atom is -0.207 e. The van der Waals surface area contributed by atoms with Gasteiger partial charge in [0.2, 0.25) is 0 Å². The number of hydrogen-bond acceptors (Lipinski definition) is 0. The third-order valence-corrected chi connectivity index (χ3v) is 2.36. The first-order chi connectivity index (χ1) is 8.79. The first-order valence-electron chi connectivity index (χ1n) is 5.65. The zero-order valence-corrected chi connectivity index (χ0v) is 10.6. The lowest BCUT2D eigenvalue weighted by Gasteiger charge is -2.05. The van der Waals surface area contributed by atoms with E-state index in [1.807, 2.05) is 6.92 Å². The lowest BCUT2D eigenvalue weighted by Crippen LogP contribution is -2.04. The third kappa shape index (κ3) is 5.55. The van der Waals surface area contributed by atoms with E-state index in [2.05, 4.69) is 0 Å². The molecule has 2 rings (SSSR count). The van der Waals surface area contributed by atoms with Crippen molar-refractivity contribution in [3.63, 3.8) is 0 Å². The van der Waals surface area contributed by atoms with E-state index in [9.17, 15) is 17.6 Å². The molecule has 0 aliphatic carbocycles. The summed E-state index contributed by atoms with van der Waals surface area (Å²) < 4.78 is 48.0. The van der Waals surface area contributed by atoms with E-state index in [0.29, 0.717) is 5.56 Å². The van der Waals surface area contributed by atoms with Crippen LogP contribution < -0.4 is 0 Å². The molecule has 0 fully saturated rings. The van der Waals surface area contributed by atoms with Crippen LogP contribution in [0.25, 0.3) is 0 Å². The lowest BCUT2D eigenvalue weighted by atomic mass is 10.1. The molecule has 19 heavy (non-hydrogen) atoms. The van der Waals surface area contributed by atoms with Gasteiger partial charge in [0.05, 0.1) is 5.56 Å². The number of alkyl halides is 3. The molecule has 0 unspecified atom stereocenters. The molecular weight excluding hydrogens is 256 g/mol. The van der Waals surface area contributed by atoms with Gasteiger partial charge in [-0.15, -0.1) is 0 Å². The number of halogens is 4. The quantitative estimate of drug-likeness (QED) is 0.581. The Hall–Kier alpha value is -1.84. The highest BCUT2D eigenvalue weighted by molar-refractivity contribution is 5.24. The second-order valence-electron chi connectivity index (χ2n) is 4.16. The topological polar surface area (TPSA) is 0 Å². The fourth-order valence-electron chi connectivity index (χ4n) is 1.35. The monoisotopic (exact) mass is 270 g/mol. The van der Waals surface area contributed by atoms with Crippen LogP contribution in [0.2, 0.25) is 0 Å². The Bertz CT molecular complexity index is 491. The van der Waals surface area contributed by atoms with Gasteiger partial charge in [-0.1, -0.05) is 41.5 Å². The molecule has 0 radical (unpaired) electrons. The molecule has 102 valence electrons. The van der Waals surface area contributed by atoms with Gasteiger partial charge in [0, 0.05) is 0 Å². The second-order valence-corrected chi connectivity index (χ2v) is 4.16. The maximum Gasteiger partial charge on any atom is 0.416 e. The predicted molar refractivity (Wildman–Crippen MR) is 67.3 cm³/mol. The van der Waals surface area contributed by atoms with E-state index in [-0.39, 0.29) is 5.82 Å². The molecule has 0 saturated heterocycles. The molecule has 0 aromatic heterocycles. The van der Waals surface area contributed by atoms with Crippen LogP contribution in [-0.2, 0) is 6.18 Å². The van der Waals surface area contributed by atoms with Gasteiger partial charge in [0.15, 0.2) is 0 Å². The Kier molecular flexibility index (Phi) is 5.10. The number of benzene rings is 2. The van der Waals surface area contributed by atoms with Crippen LogP contribution in [-0.4, -0.2) is 0 Å². The third-order valence-electron chi connectivity index (χ3n) is 2.36. The first-order valence-corrected chi connectivity index (χ1v) is 5.65. The molecule has 0 amide bonds. The summed E-state index contributed by atoms with van der Waals surface area (Å²) in [4.78, 5) is 0. The summed E-state index contributed by atoms with van der Waals surface area (Å²) >= 11 is 0. The van der Waals surface area contributed by atoms with Crippen molar-refractivity contribution in [3.8, 4) is 0 Å². The van der Waals surface area contributed by atoms with Gasteiger partial charge in [-0.2, -0.15) is 13.2 Å². The molecule has 0 bridgehead atoms. The average molecular weight is 270 g/mol. The maximum absolute atomic E-state index is 12.1. The summed E-state index contributed by atoms with van der Waals surface area (Å²) in [6.07, 6.45) is -4.22. The van der Waals surface area contributed by atoms with Crippen LogP contribution in [0.1, 0.15) is 16.7 Å². The van der Waals surface area contributed by atoms with Gasteiger partial charge in [-0.25, -0.2) is 4.39 Å². The number of hydrogen-bond donors (Lipinski definition) is 0. The zero-order chi connectivity index (χ0) is 14.5. The van der Waals surface area contributed by atoms with Crippen molar-refractivity contribution in [2.45, 2.75) is 20.0 Å². The van der Waals surface area contributed by atoms with Gasteiger partial charge in [0.1, 0.15) is 5.82 Å². The van der Waals surface area contributed by atoms with Crippen molar-refractivity contribution in [2.75, 3.05) is 0 Å². The summed E-state index contributed by atoms with van der Waals surface area (Å²) in [6.45, 7) is 3.56. The minimum absolute atomic E-state index is 0.171. The Morgan fingerprint density at radius 3 is 1.74 bits per heavy atom. The SMILES string of the molecule is Cc1ccc(F)cc1.Cc1cccc(C(F)(F)F)c1. The van der Waals surface area contributed by atoms with Crippen molar-refractivity contribution in [1.82, 2.24) is 0 Å². The average Bonchev–Trinajstić information content (AvgIpc) is 2.33. The zero-order valence-electron chi connectivity index (χ0n) is 10.6. The largest absolute Gasteiger partial charge is 0.416 e. The van der Waals surface area contributed by atoms with E-state index in [1.165, 1.54) is 18.2 Å². The summed E-state index contributed by atoms with van der Waals surface area (Å²) in [5.41, 5.74) is 1.13. The number of rotatable bonds is 0. The second kappa shape index (κ2) is 6.36. The summed E-state index contributed by atoms with van der Waals surface area (Å²) in [5, 5.41) is 0. The fourth-order valence-corrected chi connectivity index (χ4v) is 1.35. The van der Waals surface area contributed by atoms with Gasteiger partial charge in [-0.05, 0) is 32.0 Å². The molecule has 0 aliphatic heterocycles. The molecule has 0 nitrogen and oxygen atoms in total. The van der Waals surface area contributed by atoms with Crippen LogP contribution in [0.5, 0.6) is 0 Å². The molecule has 2 aromatic rings. The molecule has 2 aromatic carbocycles. The normalized spacial score (nSPS) is 10.6. The molecule has 0 N–H and O–H groups in total. The molecule has 0 atom stereocenters. The Labute approximate surface area is 109 Å². The van der Waals surface area contributed by atoms with Crippen LogP contribution >= 0.6 is 0 Å². The fraction of sp³-hybridized carbons (Fsp3) is 0.200. The van der Waals surface area contributed by atoms with Crippen LogP contribution in [0, 0.1) is 19.7 Å². The Morgan fingerprint density at radius 1 is 0.789 bits per heavy atom. The van der Waals surface area contributed by atoms with Crippen molar-refractivity contribution in [1.29, 1.82) is 0 Å². The van der Waals surface area contributed by atoms with Gasteiger partial charge >= 0.3 is 6.18 Å². The standard InChI is InChI=1S/C8H7F3.C7H7F/c1-6-3-2-4-7(5-6)8(9,10)11;1-6-2-4-7(8)5-3-6/h2-5H,1H3;2-5H,1H3. The van der Waals surface area contributed by atoms with E-state index in [4.69, 9.17) is 0 Å². The van der Waals surface area contributed by atoms with Crippen LogP contribution in [0.3, 0.4) is 0 Å². The molecule has 0 saturated carbocycles. The molecular formula is C15H14F4. The van der Waals surface area contributed by atoms with Gasteiger partial charge in [-0.3, -0.25) is 0 Å². The lowest BCUT2D eigenvalue weighted by molar-refractivity contribution is -0.137. The van der Waals surface area contributed by atoms with E-state index in [1.54, 1.807) is 25.1 Å². The van der Waals surface area contributed by atoms with Crippen molar-refractivity contribution in [2.24, 2.45) is 0 Å². The smallest absolute Gasteiger partial charge is 0.207 e. The number of aryl methyl sites for hydroxylation is 2. The van der Waals surface area contributed by atoms with Crippen molar-refractivity contribution >= 4 is 0 Å². The highest BCUT2D eigenvalue weighted by atomic mass is 19.4. The van der Waals surface area contributed by atoms with Gasteiger partial charge in [0.25, 0.3) is 0 Å². The molecule has 0 spiro atoms. The van der Waals surface area contributed by atoms with Crippen LogP contribution in [0.15, 0.2) is 48.5 Å². The Morgan fingerprint density at radius 2 is 1.37 bits per heavy atom. The summed E-state index contributed by atoms with van der Waals surface area (Å²) in [7, 11) is 0. The molecule has 4 heteroatoms. The minimum atomic E-state index is -4.22. The highest BCUT2D eigenvalue weighted by Gasteiger charge is 2.29. The van der Waals surface area contributed by atoms with Crippen molar-refractivity contribution < 1.29 is 17.6 Å². The van der Waals surface area contributed by atoms with Gasteiger partial charge < -0.3 is 0 Å². The van der Waals surface area contributed by atoms with E-state index < -0.39 is 11.7 Å². The molecule has 0 aliphatic rings. The maximum atomic E-state index is 12.1. The van der Waals surface area contributed by atoms with Crippen molar-refractivity contribution in [3.05, 3.63) is 71.0 Å². The first kappa shape index (κ1) is 15.2. The van der Waals surface area contributed by atoms with Crippen LogP contribution in [0.4, 0.5) is 17.6 Å². The summed E-state index contributed by atoms with van der Waals surface area (Å²) in [5.74, 6) is -0.171. The molecule has 0 heterocycles. The van der Waals surface area contributed by atoms with E-state index >= 15 is 0 Å². The van der Waals surface area contributed by atoms with E-state index in [0.717, 1.165) is 17.7 Å². The Balaban J connectivity index is 0.000000200. The summed E-state index contributed by atoms with van der Waals surface area (Å²) in [6, 6.07) is 11.6. The predicted octanol–water partition coefficient (Wildman–Crippen LogP) is 5.15. The highest BCUT2D eigenvalue weighted by Crippen LogP contribution is 2.29.